The summed E-state index contributed by atoms with van der Waals surface area (Å²) in [5, 5.41) is 11.4. The van der Waals surface area contributed by atoms with Gasteiger partial charge in [-0.1, -0.05) is 13.0 Å². The van der Waals surface area contributed by atoms with Crippen LogP contribution in [-0.2, 0) is 14.3 Å². The largest absolute Gasteiger partial charge is 0.480 e. The van der Waals surface area contributed by atoms with E-state index >= 15 is 0 Å². The number of ether oxygens (including phenoxy) is 1. The molecule has 98 valence electrons. The molecule has 0 fully saturated rings. The predicted octanol–water partition coefficient (Wildman–Crippen LogP) is 0.757. The molecule has 0 heterocycles. The Morgan fingerprint density at radius 1 is 1.59 bits per heavy atom. The summed E-state index contributed by atoms with van der Waals surface area (Å²) < 4.78 is 5.03. The molecule has 5 nitrogen and oxygen atoms in total. The molecule has 17 heavy (non-hydrogen) atoms. The van der Waals surface area contributed by atoms with Gasteiger partial charge in [-0.15, -0.1) is 6.58 Å². The highest BCUT2D eigenvalue weighted by molar-refractivity contribution is 7.98. The zero-order valence-corrected chi connectivity index (χ0v) is 11.0. The monoisotopic (exact) mass is 261 g/mol. The number of amides is 1. The minimum atomic E-state index is -1.10. The van der Waals surface area contributed by atoms with Crippen molar-refractivity contribution >= 4 is 23.6 Å². The smallest absolute Gasteiger partial charge is 0.328 e. The molecule has 0 aliphatic carbocycles. The van der Waals surface area contributed by atoms with Crippen LogP contribution in [0, 0.1) is 5.92 Å². The second-order valence-electron chi connectivity index (χ2n) is 3.58. The van der Waals surface area contributed by atoms with E-state index in [-0.39, 0.29) is 25.0 Å². The molecule has 0 rings (SSSR count). The Labute approximate surface area is 106 Å². The van der Waals surface area contributed by atoms with Crippen molar-refractivity contribution in [3.8, 4) is 0 Å². The third-order valence-corrected chi connectivity index (χ3v) is 2.83. The van der Waals surface area contributed by atoms with Crippen molar-refractivity contribution in [3.63, 3.8) is 0 Å². The van der Waals surface area contributed by atoms with E-state index in [1.807, 2.05) is 6.26 Å². The zero-order chi connectivity index (χ0) is 13.3. The molecule has 2 N–H and O–H groups in total. The van der Waals surface area contributed by atoms with Crippen LogP contribution in [0.3, 0.4) is 0 Å². The van der Waals surface area contributed by atoms with E-state index in [0.29, 0.717) is 5.75 Å². The molecule has 0 spiro atoms. The van der Waals surface area contributed by atoms with Crippen LogP contribution in [0.15, 0.2) is 12.7 Å². The Morgan fingerprint density at radius 3 is 2.71 bits per heavy atom. The number of hydrogen-bond acceptors (Lipinski definition) is 4. The number of nitrogens with one attached hydrogen (secondary N) is 1. The van der Waals surface area contributed by atoms with Crippen molar-refractivity contribution in [2.24, 2.45) is 5.92 Å². The minimum Gasteiger partial charge on any atom is -0.480 e. The van der Waals surface area contributed by atoms with Crippen LogP contribution in [0.5, 0.6) is 0 Å². The number of aliphatic carboxylic acids is 1. The van der Waals surface area contributed by atoms with Gasteiger partial charge in [0.25, 0.3) is 0 Å². The van der Waals surface area contributed by atoms with Gasteiger partial charge in [0.05, 0.1) is 13.2 Å². The first-order valence-corrected chi connectivity index (χ1v) is 6.63. The van der Waals surface area contributed by atoms with Gasteiger partial charge < -0.3 is 15.2 Å². The van der Waals surface area contributed by atoms with Crippen LogP contribution >= 0.6 is 11.8 Å². The topological polar surface area (TPSA) is 75.6 Å². The van der Waals surface area contributed by atoms with E-state index in [4.69, 9.17) is 9.84 Å². The molecule has 2 atom stereocenters. The molecule has 0 radical (unpaired) electrons. The molecule has 2 unspecified atom stereocenters. The highest BCUT2D eigenvalue weighted by atomic mass is 32.2. The van der Waals surface area contributed by atoms with Gasteiger partial charge >= 0.3 is 5.97 Å². The maximum atomic E-state index is 11.6. The Bertz CT molecular complexity index is 270. The fraction of sp³-hybridized carbons (Fsp3) is 0.636. The van der Waals surface area contributed by atoms with Gasteiger partial charge in [-0.25, -0.2) is 4.79 Å². The maximum Gasteiger partial charge on any atom is 0.328 e. The number of hydrogen-bond donors (Lipinski definition) is 2. The van der Waals surface area contributed by atoms with Crippen molar-refractivity contribution < 1.29 is 19.4 Å². The maximum absolute atomic E-state index is 11.6. The Balaban J connectivity index is 4.19. The van der Waals surface area contributed by atoms with Crippen LogP contribution in [0.4, 0.5) is 0 Å². The molecule has 0 saturated heterocycles. The Hall–Kier alpha value is -1.01. The van der Waals surface area contributed by atoms with Crippen LogP contribution < -0.4 is 5.32 Å². The summed E-state index contributed by atoms with van der Waals surface area (Å²) in [7, 11) is 0. The van der Waals surface area contributed by atoms with Gasteiger partial charge in [0.1, 0.15) is 0 Å². The minimum absolute atomic E-state index is 0.0565. The lowest BCUT2D eigenvalue weighted by Crippen LogP contribution is -2.46. The van der Waals surface area contributed by atoms with Gasteiger partial charge in [-0.2, -0.15) is 11.8 Å². The second-order valence-corrected chi connectivity index (χ2v) is 4.49. The number of rotatable bonds is 9. The van der Waals surface area contributed by atoms with Gasteiger partial charge in [0, 0.05) is 11.7 Å². The lowest BCUT2D eigenvalue weighted by Gasteiger charge is -2.17. The summed E-state index contributed by atoms with van der Waals surface area (Å²) in [5.41, 5.74) is 0. The zero-order valence-electron chi connectivity index (χ0n) is 10.1. The normalized spacial score (nSPS) is 13.8. The van der Waals surface area contributed by atoms with Gasteiger partial charge in [0.15, 0.2) is 6.04 Å². The van der Waals surface area contributed by atoms with Crippen LogP contribution in [-0.4, -0.2) is 48.2 Å². The Kier molecular flexibility index (Phi) is 8.53. The molecule has 0 aliphatic heterocycles. The third-order valence-electron chi connectivity index (χ3n) is 2.00. The number of carboxylic acids is 1. The molecule has 0 aliphatic rings. The van der Waals surface area contributed by atoms with E-state index in [9.17, 15) is 9.59 Å². The van der Waals surface area contributed by atoms with E-state index in [2.05, 4.69) is 11.9 Å². The van der Waals surface area contributed by atoms with E-state index in [1.165, 1.54) is 6.08 Å². The molecule has 0 aromatic rings. The first-order valence-electron chi connectivity index (χ1n) is 5.23. The van der Waals surface area contributed by atoms with Gasteiger partial charge in [-0.05, 0) is 6.26 Å². The number of carbonyl (C=O) groups excluding carboxylic acids is 1. The number of carboxylic acid groups (broad SMARTS) is 1. The highest BCUT2D eigenvalue weighted by Crippen LogP contribution is 2.04. The molecule has 0 bridgehead atoms. The molecule has 6 heteroatoms. The van der Waals surface area contributed by atoms with Crippen LogP contribution in [0.2, 0.25) is 0 Å². The van der Waals surface area contributed by atoms with Gasteiger partial charge in [-0.3, -0.25) is 4.79 Å². The van der Waals surface area contributed by atoms with Crippen LogP contribution in [0.25, 0.3) is 0 Å². The average Bonchev–Trinajstić information content (AvgIpc) is 2.27. The lowest BCUT2D eigenvalue weighted by atomic mass is 10.2. The summed E-state index contributed by atoms with van der Waals surface area (Å²) in [6.07, 6.45) is 3.42. The molecule has 0 saturated carbocycles. The molecule has 0 aromatic heterocycles. The summed E-state index contributed by atoms with van der Waals surface area (Å²) in [6.45, 7) is 5.42. The van der Waals surface area contributed by atoms with Crippen molar-refractivity contribution in [1.82, 2.24) is 5.32 Å². The molecule has 1 amide bonds. The Morgan fingerprint density at radius 2 is 2.24 bits per heavy atom. The average molecular weight is 261 g/mol. The first-order chi connectivity index (χ1) is 8.02. The third kappa shape index (κ3) is 7.01. The van der Waals surface area contributed by atoms with Crippen molar-refractivity contribution in [2.45, 2.75) is 13.0 Å². The van der Waals surface area contributed by atoms with Crippen LogP contribution in [0.1, 0.15) is 6.92 Å². The van der Waals surface area contributed by atoms with E-state index in [0.717, 1.165) is 0 Å². The fourth-order valence-corrected chi connectivity index (χ4v) is 1.73. The molecular formula is C11H19NO4S. The highest BCUT2D eigenvalue weighted by Gasteiger charge is 2.22. The summed E-state index contributed by atoms with van der Waals surface area (Å²) in [4.78, 5) is 22.5. The molecule has 0 aromatic carbocycles. The fourth-order valence-electron chi connectivity index (χ4n) is 1.08. The first kappa shape index (κ1) is 16.0. The number of thioether (sulfide) groups is 1. The van der Waals surface area contributed by atoms with Crippen molar-refractivity contribution in [2.75, 3.05) is 25.2 Å². The standard InChI is InChI=1S/C11H19NO4S/c1-4-5-16-6-9(11(14)15)12-10(13)8(2)7-17-3/h4,8-9H,1,5-7H2,2-3H3,(H,12,13)(H,14,15). The summed E-state index contributed by atoms with van der Waals surface area (Å²) >= 11 is 1.54. The summed E-state index contributed by atoms with van der Waals surface area (Å²) in [6, 6.07) is -1.01. The SMILES string of the molecule is C=CCOCC(NC(=O)C(C)CSC)C(=O)O. The van der Waals surface area contributed by atoms with E-state index < -0.39 is 12.0 Å². The number of carbonyl (C=O) groups is 2. The van der Waals surface area contributed by atoms with Crippen molar-refractivity contribution in [3.05, 3.63) is 12.7 Å². The quantitative estimate of drug-likeness (QED) is 0.473. The lowest BCUT2D eigenvalue weighted by molar-refractivity contribution is -0.144. The van der Waals surface area contributed by atoms with E-state index in [1.54, 1.807) is 18.7 Å². The predicted molar refractivity (Wildman–Crippen MR) is 68.1 cm³/mol. The van der Waals surface area contributed by atoms with Crippen molar-refractivity contribution in [1.29, 1.82) is 0 Å². The van der Waals surface area contributed by atoms with Gasteiger partial charge in [0.2, 0.25) is 5.91 Å². The second kappa shape index (κ2) is 9.07. The summed E-state index contributed by atoms with van der Waals surface area (Å²) in [5.74, 6) is -0.926. The molecular weight excluding hydrogens is 242 g/mol.